The first-order valence-electron chi connectivity index (χ1n) is 10.8. The van der Waals surface area contributed by atoms with Gasteiger partial charge in [0, 0.05) is 19.4 Å². The molecule has 166 valence electrons. The molecule has 0 aromatic heterocycles. The monoisotopic (exact) mass is 402 g/mol. The zero-order chi connectivity index (χ0) is 21.8. The number of rotatable bonds is 16. The zero-order valence-electron chi connectivity index (χ0n) is 18.3. The number of aliphatic carboxylic acids is 2. The van der Waals surface area contributed by atoms with Crippen LogP contribution in [0.1, 0.15) is 91.9 Å². The lowest BCUT2D eigenvalue weighted by Gasteiger charge is -2.27. The van der Waals surface area contributed by atoms with Gasteiger partial charge >= 0.3 is 11.9 Å². The van der Waals surface area contributed by atoms with Crippen molar-refractivity contribution in [3.05, 3.63) is 0 Å². The lowest BCUT2D eigenvalue weighted by atomic mass is 10.1. The quantitative estimate of drug-likeness (QED) is 0.338. The van der Waals surface area contributed by atoms with E-state index in [9.17, 15) is 14.4 Å². The van der Waals surface area contributed by atoms with E-state index in [1.54, 1.807) is 6.92 Å². The summed E-state index contributed by atoms with van der Waals surface area (Å²) in [5, 5.41) is 21.1. The highest BCUT2D eigenvalue weighted by molar-refractivity contribution is 5.84. The van der Waals surface area contributed by atoms with Crippen LogP contribution in [-0.2, 0) is 14.4 Å². The Kier molecular flexibility index (Phi) is 20.5. The molecule has 0 aliphatic heterocycles. The van der Waals surface area contributed by atoms with Gasteiger partial charge in [-0.15, -0.1) is 0 Å². The summed E-state index contributed by atoms with van der Waals surface area (Å²) in [7, 11) is 0. The van der Waals surface area contributed by atoms with Crippen molar-refractivity contribution in [3.8, 4) is 0 Å². The van der Waals surface area contributed by atoms with Crippen LogP contribution < -0.4 is 5.32 Å². The number of unbranched alkanes of at least 4 members (excludes halogenated alkanes) is 4. The van der Waals surface area contributed by atoms with Crippen molar-refractivity contribution in [2.75, 3.05) is 19.6 Å². The van der Waals surface area contributed by atoms with Crippen molar-refractivity contribution in [2.24, 2.45) is 0 Å². The smallest absolute Gasteiger partial charge is 0.326 e. The molecule has 0 fully saturated rings. The van der Waals surface area contributed by atoms with Crippen LogP contribution in [0.15, 0.2) is 0 Å². The van der Waals surface area contributed by atoms with Gasteiger partial charge in [0.1, 0.15) is 6.04 Å². The van der Waals surface area contributed by atoms with Crippen LogP contribution in [-0.4, -0.2) is 58.6 Å². The SMILES string of the molecule is CCCCCC(=O)N(CC)[C@@H](CCC(=O)O)C(=O)O.CCCCNCCCC. The summed E-state index contributed by atoms with van der Waals surface area (Å²) in [5.74, 6) is -2.42. The third-order valence-corrected chi connectivity index (χ3v) is 4.36. The van der Waals surface area contributed by atoms with Crippen molar-refractivity contribution in [2.45, 2.75) is 97.9 Å². The number of amides is 1. The van der Waals surface area contributed by atoms with Crippen LogP contribution in [0.25, 0.3) is 0 Å². The Morgan fingerprint density at radius 3 is 1.75 bits per heavy atom. The van der Waals surface area contributed by atoms with Crippen molar-refractivity contribution < 1.29 is 24.6 Å². The minimum atomic E-state index is -1.15. The van der Waals surface area contributed by atoms with Crippen LogP contribution in [0, 0.1) is 0 Å². The first-order valence-corrected chi connectivity index (χ1v) is 10.8. The van der Waals surface area contributed by atoms with Crippen LogP contribution in [0.2, 0.25) is 0 Å². The van der Waals surface area contributed by atoms with E-state index >= 15 is 0 Å². The maximum atomic E-state index is 12.0. The fourth-order valence-corrected chi connectivity index (χ4v) is 2.64. The van der Waals surface area contributed by atoms with Gasteiger partial charge in [-0.25, -0.2) is 4.79 Å². The van der Waals surface area contributed by atoms with Gasteiger partial charge in [-0.2, -0.15) is 0 Å². The summed E-state index contributed by atoms with van der Waals surface area (Å²) < 4.78 is 0. The Bertz CT molecular complexity index is 410. The second kappa shape index (κ2) is 20.1. The average molecular weight is 403 g/mol. The number of carbonyl (C=O) groups excluding carboxylic acids is 1. The summed E-state index contributed by atoms with van der Waals surface area (Å²) in [6.07, 6.45) is 7.91. The second-order valence-corrected chi connectivity index (χ2v) is 6.88. The largest absolute Gasteiger partial charge is 0.481 e. The van der Waals surface area contributed by atoms with Gasteiger partial charge in [0.25, 0.3) is 0 Å². The van der Waals surface area contributed by atoms with Crippen LogP contribution in [0.4, 0.5) is 0 Å². The normalized spacial score (nSPS) is 11.3. The number of nitrogens with zero attached hydrogens (tertiary/aromatic N) is 1. The summed E-state index contributed by atoms with van der Waals surface area (Å²) in [4.78, 5) is 34.9. The molecular weight excluding hydrogens is 360 g/mol. The molecule has 0 spiro atoms. The molecule has 7 nitrogen and oxygen atoms in total. The van der Waals surface area contributed by atoms with Gasteiger partial charge in [-0.05, 0) is 45.7 Å². The summed E-state index contributed by atoms with van der Waals surface area (Å²) >= 11 is 0. The third kappa shape index (κ3) is 16.5. The number of likely N-dealkylation sites (N-methyl/N-ethyl adjacent to an activating group) is 1. The maximum absolute atomic E-state index is 12.0. The van der Waals surface area contributed by atoms with Gasteiger partial charge in [0.2, 0.25) is 5.91 Å². The Morgan fingerprint density at radius 1 is 0.821 bits per heavy atom. The molecule has 3 N–H and O–H groups in total. The highest BCUT2D eigenvalue weighted by Crippen LogP contribution is 2.12. The highest BCUT2D eigenvalue weighted by atomic mass is 16.4. The Morgan fingerprint density at radius 2 is 1.36 bits per heavy atom. The Balaban J connectivity index is 0. The van der Waals surface area contributed by atoms with Crippen molar-refractivity contribution in [3.63, 3.8) is 0 Å². The van der Waals surface area contributed by atoms with E-state index in [0.717, 1.165) is 19.3 Å². The third-order valence-electron chi connectivity index (χ3n) is 4.36. The van der Waals surface area contributed by atoms with E-state index in [4.69, 9.17) is 10.2 Å². The Hall–Kier alpha value is -1.63. The maximum Gasteiger partial charge on any atom is 0.326 e. The van der Waals surface area contributed by atoms with Crippen LogP contribution in [0.3, 0.4) is 0 Å². The van der Waals surface area contributed by atoms with E-state index < -0.39 is 18.0 Å². The van der Waals surface area contributed by atoms with Gasteiger partial charge < -0.3 is 20.4 Å². The summed E-state index contributed by atoms with van der Waals surface area (Å²) in [5.41, 5.74) is 0. The number of nitrogens with one attached hydrogen (secondary N) is 1. The highest BCUT2D eigenvalue weighted by Gasteiger charge is 2.28. The van der Waals surface area contributed by atoms with Crippen LogP contribution in [0.5, 0.6) is 0 Å². The lowest BCUT2D eigenvalue weighted by molar-refractivity contribution is -0.151. The second-order valence-electron chi connectivity index (χ2n) is 6.88. The minimum Gasteiger partial charge on any atom is -0.481 e. The molecule has 0 unspecified atom stereocenters. The fraction of sp³-hybridized carbons (Fsp3) is 0.857. The minimum absolute atomic E-state index is 0.0575. The molecule has 0 saturated carbocycles. The molecule has 1 amide bonds. The van der Waals surface area contributed by atoms with E-state index in [2.05, 4.69) is 19.2 Å². The zero-order valence-corrected chi connectivity index (χ0v) is 18.3. The molecule has 7 heteroatoms. The average Bonchev–Trinajstić information content (AvgIpc) is 2.65. The van der Waals surface area contributed by atoms with Gasteiger partial charge in [-0.1, -0.05) is 46.5 Å². The van der Waals surface area contributed by atoms with Crippen molar-refractivity contribution in [1.82, 2.24) is 10.2 Å². The van der Waals surface area contributed by atoms with Crippen LogP contribution >= 0.6 is 0 Å². The molecule has 0 aromatic carbocycles. The molecule has 0 saturated heterocycles. The Labute approximate surface area is 170 Å². The van der Waals surface area contributed by atoms with Gasteiger partial charge in [-0.3, -0.25) is 9.59 Å². The predicted molar refractivity (Wildman–Crippen MR) is 113 cm³/mol. The van der Waals surface area contributed by atoms with E-state index in [-0.39, 0.29) is 25.3 Å². The molecule has 0 rings (SSSR count). The first kappa shape index (κ1) is 28.6. The summed E-state index contributed by atoms with van der Waals surface area (Å²) in [6.45, 7) is 10.9. The number of carbonyl (C=O) groups is 3. The van der Waals surface area contributed by atoms with E-state index in [0.29, 0.717) is 6.42 Å². The molecular formula is C21H42N2O5. The lowest BCUT2D eigenvalue weighted by Crippen LogP contribution is -2.45. The topological polar surface area (TPSA) is 107 Å². The van der Waals surface area contributed by atoms with Crippen molar-refractivity contribution in [1.29, 1.82) is 0 Å². The molecule has 0 aliphatic rings. The number of hydrogen-bond acceptors (Lipinski definition) is 4. The molecule has 0 aromatic rings. The number of carboxylic acid groups (broad SMARTS) is 2. The molecule has 0 radical (unpaired) electrons. The van der Waals surface area contributed by atoms with E-state index in [1.807, 2.05) is 6.92 Å². The summed E-state index contributed by atoms with van der Waals surface area (Å²) in [6, 6.07) is -1.05. The van der Waals surface area contributed by atoms with E-state index in [1.165, 1.54) is 43.7 Å². The molecule has 0 heterocycles. The standard InChI is InChI=1S/C13H23NO5.C8H19N/c1-3-5-6-7-11(15)14(4-2)10(13(18)19)8-9-12(16)17;1-3-5-7-9-8-6-4-2/h10H,3-9H2,1-2H3,(H,16,17)(H,18,19);9H,3-8H2,1-2H3/t10-;/m0./s1. The molecule has 1 atom stereocenters. The molecule has 0 bridgehead atoms. The number of carboxylic acids is 2. The number of hydrogen-bond donors (Lipinski definition) is 3. The predicted octanol–water partition coefficient (Wildman–Crippen LogP) is 3.91. The molecule has 0 aliphatic carbocycles. The van der Waals surface area contributed by atoms with Crippen molar-refractivity contribution >= 4 is 17.8 Å². The molecule has 28 heavy (non-hydrogen) atoms. The first-order chi connectivity index (χ1) is 13.3. The fourth-order valence-electron chi connectivity index (χ4n) is 2.64. The van der Waals surface area contributed by atoms with Gasteiger partial charge in [0.05, 0.1) is 0 Å². The van der Waals surface area contributed by atoms with Gasteiger partial charge in [0.15, 0.2) is 0 Å².